The quantitative estimate of drug-likeness (QED) is 0.229. The molecule has 1 N–H and O–H groups in total. The third kappa shape index (κ3) is 5.59. The minimum Gasteiger partial charge on any atom is -0.496 e. The number of para-hydroxylation sites is 1. The van der Waals surface area contributed by atoms with Crippen LogP contribution in [0.25, 0.3) is 22.2 Å². The van der Waals surface area contributed by atoms with Crippen molar-refractivity contribution < 1.29 is 13.2 Å². The van der Waals surface area contributed by atoms with E-state index in [2.05, 4.69) is 4.72 Å². The van der Waals surface area contributed by atoms with E-state index in [4.69, 9.17) is 31.4 Å². The molecule has 0 saturated carbocycles. The highest BCUT2D eigenvalue weighted by Gasteiger charge is 2.34. The number of sulfonamides is 1. The fourth-order valence-electron chi connectivity index (χ4n) is 5.04. The number of methoxy groups -OCH3 is 1. The van der Waals surface area contributed by atoms with Gasteiger partial charge in [-0.3, -0.25) is 4.72 Å². The summed E-state index contributed by atoms with van der Waals surface area (Å²) in [6, 6.07) is 30.2. The summed E-state index contributed by atoms with van der Waals surface area (Å²) < 4.78 is 32.0. The van der Waals surface area contributed by atoms with Gasteiger partial charge in [-0.15, -0.1) is 0 Å². The van der Waals surface area contributed by atoms with Crippen LogP contribution in [0.2, 0.25) is 5.02 Å². The summed E-state index contributed by atoms with van der Waals surface area (Å²) in [5.74, 6) is 1.15. The Bertz CT molecular complexity index is 1900. The molecule has 1 aliphatic heterocycles. The van der Waals surface area contributed by atoms with Crippen LogP contribution in [-0.2, 0) is 10.0 Å². The van der Waals surface area contributed by atoms with Crippen molar-refractivity contribution in [2.75, 3.05) is 23.1 Å². The number of hydrogen-bond donors (Lipinski definition) is 1. The Balaban J connectivity index is 1.53. The number of nitrogens with one attached hydrogen (secondary N) is 1. The van der Waals surface area contributed by atoms with Crippen molar-refractivity contribution in [3.05, 3.63) is 113 Å². The first-order valence-electron chi connectivity index (χ1n) is 12.9. The van der Waals surface area contributed by atoms with Gasteiger partial charge in [0, 0.05) is 33.6 Å². The molecule has 2 heterocycles. The lowest BCUT2D eigenvalue weighted by atomic mass is 9.97. The summed E-state index contributed by atoms with van der Waals surface area (Å²) in [6.07, 6.45) is 1.64. The molecule has 0 radical (unpaired) electrons. The van der Waals surface area contributed by atoms with E-state index in [-0.39, 0.29) is 6.04 Å². The van der Waals surface area contributed by atoms with Gasteiger partial charge in [0.25, 0.3) is 0 Å². The fourth-order valence-corrected chi connectivity index (χ4v) is 5.76. The third-order valence-corrected chi connectivity index (χ3v) is 7.65. The molecule has 0 bridgehead atoms. The number of ether oxygens (including phenoxy) is 1. The van der Waals surface area contributed by atoms with Gasteiger partial charge >= 0.3 is 0 Å². The highest BCUT2D eigenvalue weighted by molar-refractivity contribution is 7.92. The summed E-state index contributed by atoms with van der Waals surface area (Å²) in [5.41, 5.74) is 5.36. The van der Waals surface area contributed by atoms with Crippen LogP contribution in [0.15, 0.2) is 102 Å². The Morgan fingerprint density at radius 3 is 2.44 bits per heavy atom. The molecule has 4 aromatic carbocycles. The molecule has 1 aromatic heterocycles. The number of hydrazone groups is 1. The molecule has 0 fully saturated rings. The minimum absolute atomic E-state index is 0.277. The standard InChI is InChI=1S/C31H26ClN5O3S/c1-40-29-14-7-6-13-24(29)28-19-27(21-11-8-12-23(17-21)36-41(2,38)39)35-37(28)31-33-26-16-15-22(32)18-25(26)30(34-31)20-9-4-3-5-10-20/h3-18,28,36H,19H2,1-2H3/t28-/m1/s1. The summed E-state index contributed by atoms with van der Waals surface area (Å²) in [5, 5.41) is 8.28. The molecule has 0 spiro atoms. The zero-order chi connectivity index (χ0) is 28.6. The molecule has 5 aromatic rings. The topological polar surface area (TPSA) is 96.8 Å². The number of benzene rings is 4. The Labute approximate surface area is 243 Å². The number of fused-ring (bicyclic) bond motifs is 1. The number of rotatable bonds is 7. The maximum Gasteiger partial charge on any atom is 0.247 e. The number of aromatic nitrogens is 2. The average molecular weight is 584 g/mol. The predicted octanol–water partition coefficient (Wildman–Crippen LogP) is 6.69. The van der Waals surface area contributed by atoms with E-state index in [1.165, 1.54) is 0 Å². The molecule has 10 heteroatoms. The van der Waals surface area contributed by atoms with Gasteiger partial charge in [0.15, 0.2) is 0 Å². The van der Waals surface area contributed by atoms with Gasteiger partial charge in [0.05, 0.1) is 36.3 Å². The Kier molecular flexibility index (Phi) is 7.07. The van der Waals surface area contributed by atoms with E-state index in [1.807, 2.05) is 83.9 Å². The van der Waals surface area contributed by atoms with Crippen molar-refractivity contribution in [2.45, 2.75) is 12.5 Å². The number of halogens is 1. The van der Waals surface area contributed by atoms with Gasteiger partial charge in [0.2, 0.25) is 16.0 Å². The maximum atomic E-state index is 11.9. The van der Waals surface area contributed by atoms with E-state index in [9.17, 15) is 8.42 Å². The highest BCUT2D eigenvalue weighted by atomic mass is 35.5. The largest absolute Gasteiger partial charge is 0.496 e. The number of anilines is 2. The molecule has 6 rings (SSSR count). The number of hydrogen-bond acceptors (Lipinski definition) is 7. The van der Waals surface area contributed by atoms with Crippen LogP contribution in [0.4, 0.5) is 11.6 Å². The maximum absolute atomic E-state index is 11.9. The van der Waals surface area contributed by atoms with Crippen LogP contribution in [0, 0.1) is 0 Å². The lowest BCUT2D eigenvalue weighted by Crippen LogP contribution is -2.21. The second-order valence-electron chi connectivity index (χ2n) is 9.71. The highest BCUT2D eigenvalue weighted by Crippen LogP contribution is 2.41. The van der Waals surface area contributed by atoms with Crippen LogP contribution < -0.4 is 14.5 Å². The lowest BCUT2D eigenvalue weighted by Gasteiger charge is -2.24. The third-order valence-electron chi connectivity index (χ3n) is 6.81. The van der Waals surface area contributed by atoms with Crippen molar-refractivity contribution in [3.63, 3.8) is 0 Å². The van der Waals surface area contributed by atoms with E-state index in [0.717, 1.165) is 51.0 Å². The molecule has 206 valence electrons. The van der Waals surface area contributed by atoms with Gasteiger partial charge in [-0.2, -0.15) is 5.10 Å². The Morgan fingerprint density at radius 1 is 0.902 bits per heavy atom. The van der Waals surface area contributed by atoms with E-state index < -0.39 is 10.0 Å². The van der Waals surface area contributed by atoms with Crippen molar-refractivity contribution in [1.82, 2.24) is 9.97 Å². The van der Waals surface area contributed by atoms with E-state index in [0.29, 0.717) is 23.1 Å². The van der Waals surface area contributed by atoms with Crippen molar-refractivity contribution >= 4 is 49.9 Å². The average Bonchev–Trinajstić information content (AvgIpc) is 3.42. The molecule has 1 aliphatic rings. The van der Waals surface area contributed by atoms with Crippen molar-refractivity contribution in [3.8, 4) is 17.0 Å². The summed E-state index contributed by atoms with van der Waals surface area (Å²) in [6.45, 7) is 0. The predicted molar refractivity (Wildman–Crippen MR) is 164 cm³/mol. The summed E-state index contributed by atoms with van der Waals surface area (Å²) in [4.78, 5) is 9.96. The van der Waals surface area contributed by atoms with Crippen molar-refractivity contribution in [2.24, 2.45) is 5.10 Å². The van der Waals surface area contributed by atoms with E-state index in [1.54, 1.807) is 25.3 Å². The van der Waals surface area contributed by atoms with Crippen LogP contribution in [-0.4, -0.2) is 37.5 Å². The zero-order valence-corrected chi connectivity index (χ0v) is 23.9. The first kappa shape index (κ1) is 26.7. The molecule has 0 saturated heterocycles. The van der Waals surface area contributed by atoms with Gasteiger partial charge in [0.1, 0.15) is 5.75 Å². The molecular weight excluding hydrogens is 558 g/mol. The molecular formula is C31H26ClN5O3S. The van der Waals surface area contributed by atoms with Crippen LogP contribution in [0.3, 0.4) is 0 Å². The van der Waals surface area contributed by atoms with Crippen molar-refractivity contribution in [1.29, 1.82) is 0 Å². The lowest BCUT2D eigenvalue weighted by molar-refractivity contribution is 0.405. The summed E-state index contributed by atoms with van der Waals surface area (Å²) >= 11 is 6.38. The van der Waals surface area contributed by atoms with E-state index >= 15 is 0 Å². The van der Waals surface area contributed by atoms with Gasteiger partial charge < -0.3 is 4.74 Å². The molecule has 8 nitrogen and oxygen atoms in total. The van der Waals surface area contributed by atoms with Crippen LogP contribution in [0.5, 0.6) is 5.75 Å². The summed E-state index contributed by atoms with van der Waals surface area (Å²) in [7, 11) is -1.79. The Hall–Kier alpha value is -4.47. The van der Waals surface area contributed by atoms with Gasteiger partial charge in [-0.1, -0.05) is 72.3 Å². The van der Waals surface area contributed by atoms with Gasteiger partial charge in [-0.05, 0) is 42.0 Å². The van der Waals surface area contributed by atoms with Crippen LogP contribution in [0.1, 0.15) is 23.6 Å². The SMILES string of the molecule is COc1ccccc1[C@H]1CC(c2cccc(NS(C)(=O)=O)c2)=NN1c1nc(-c2ccccc2)c2cc(Cl)ccc2n1. The molecule has 0 unspecified atom stereocenters. The van der Waals surface area contributed by atoms with Gasteiger partial charge in [-0.25, -0.2) is 23.4 Å². The second-order valence-corrected chi connectivity index (χ2v) is 11.9. The Morgan fingerprint density at radius 2 is 1.66 bits per heavy atom. The monoisotopic (exact) mass is 583 g/mol. The first-order valence-corrected chi connectivity index (χ1v) is 15.2. The number of nitrogens with zero attached hydrogens (tertiary/aromatic N) is 4. The minimum atomic E-state index is -3.44. The molecule has 0 amide bonds. The molecule has 41 heavy (non-hydrogen) atoms. The molecule has 0 aliphatic carbocycles. The molecule has 1 atom stereocenters. The normalized spacial score (nSPS) is 15.1. The van der Waals surface area contributed by atoms with Crippen LogP contribution >= 0.6 is 11.6 Å². The second kappa shape index (κ2) is 10.8. The first-order chi connectivity index (χ1) is 19.8. The smallest absolute Gasteiger partial charge is 0.247 e. The fraction of sp³-hybridized carbons (Fsp3) is 0.129. The zero-order valence-electron chi connectivity index (χ0n) is 22.3.